The number of aryl methyl sites for hydroxylation is 2. The molecule has 0 aromatic heterocycles. The summed E-state index contributed by atoms with van der Waals surface area (Å²) >= 11 is 0. The second kappa shape index (κ2) is 5.27. The second-order valence-electron chi connectivity index (χ2n) is 5.81. The number of hydrogen-bond acceptors (Lipinski definition) is 2. The van der Waals surface area contributed by atoms with Crippen LogP contribution in [0.25, 0.3) is 0 Å². The van der Waals surface area contributed by atoms with Gasteiger partial charge in [-0.25, -0.2) is 4.79 Å². The number of likely N-dealkylation sites (tertiary alicyclic amines) is 1. The Hall–Kier alpha value is -1.84. The van der Waals surface area contributed by atoms with Crippen LogP contribution in [-0.2, 0) is 4.79 Å². The van der Waals surface area contributed by atoms with Crippen molar-refractivity contribution in [3.05, 3.63) is 34.9 Å². The van der Waals surface area contributed by atoms with Gasteiger partial charge in [-0.15, -0.1) is 0 Å². The van der Waals surface area contributed by atoms with E-state index in [1.54, 1.807) is 6.92 Å². The Morgan fingerprint density at radius 1 is 1.25 bits per heavy atom. The van der Waals surface area contributed by atoms with Crippen molar-refractivity contribution in [2.75, 3.05) is 6.54 Å². The van der Waals surface area contributed by atoms with Gasteiger partial charge in [0.1, 0.15) is 5.54 Å². The first kappa shape index (κ1) is 14.6. The molecule has 1 aliphatic heterocycles. The van der Waals surface area contributed by atoms with Crippen LogP contribution in [0.3, 0.4) is 0 Å². The third-order valence-corrected chi connectivity index (χ3v) is 4.22. The number of amides is 1. The zero-order chi connectivity index (χ0) is 14.9. The maximum Gasteiger partial charge on any atom is 0.329 e. The summed E-state index contributed by atoms with van der Waals surface area (Å²) in [5.41, 5.74) is 1.41. The van der Waals surface area contributed by atoms with Crippen LogP contribution in [0.2, 0.25) is 0 Å². The molecule has 4 nitrogen and oxygen atoms in total. The Morgan fingerprint density at radius 3 is 2.60 bits per heavy atom. The standard InChI is InChI=1S/C16H21NO3/c1-11-6-7-12(2)13(10-11)14(18)17-9-5-4-8-16(17,3)15(19)20/h6-7,10H,4-5,8-9H2,1-3H3,(H,19,20). The smallest absolute Gasteiger partial charge is 0.329 e. The van der Waals surface area contributed by atoms with Crippen molar-refractivity contribution in [3.63, 3.8) is 0 Å². The molecule has 1 aliphatic rings. The fourth-order valence-corrected chi connectivity index (χ4v) is 2.78. The van der Waals surface area contributed by atoms with E-state index in [-0.39, 0.29) is 5.91 Å². The highest BCUT2D eigenvalue weighted by atomic mass is 16.4. The number of aliphatic carboxylic acids is 1. The summed E-state index contributed by atoms with van der Waals surface area (Å²) in [4.78, 5) is 25.9. The monoisotopic (exact) mass is 275 g/mol. The maximum absolute atomic E-state index is 12.8. The largest absolute Gasteiger partial charge is 0.480 e. The lowest BCUT2D eigenvalue weighted by Gasteiger charge is -2.41. The fourth-order valence-electron chi connectivity index (χ4n) is 2.78. The highest BCUT2D eigenvalue weighted by Crippen LogP contribution is 2.30. The quantitative estimate of drug-likeness (QED) is 0.903. The van der Waals surface area contributed by atoms with Gasteiger partial charge in [0, 0.05) is 12.1 Å². The summed E-state index contributed by atoms with van der Waals surface area (Å²) in [6, 6.07) is 5.71. The molecule has 2 rings (SSSR count). The lowest BCUT2D eigenvalue weighted by atomic mass is 9.87. The molecular weight excluding hydrogens is 254 g/mol. The molecular formula is C16H21NO3. The summed E-state index contributed by atoms with van der Waals surface area (Å²) in [6.07, 6.45) is 2.22. The first-order valence-corrected chi connectivity index (χ1v) is 6.99. The van der Waals surface area contributed by atoms with Crippen LogP contribution in [0.15, 0.2) is 18.2 Å². The Kier molecular flexibility index (Phi) is 3.84. The molecule has 108 valence electrons. The SMILES string of the molecule is Cc1ccc(C)c(C(=O)N2CCCCC2(C)C(=O)O)c1. The number of carbonyl (C=O) groups excluding carboxylic acids is 1. The first-order chi connectivity index (χ1) is 9.36. The van der Waals surface area contributed by atoms with Crippen molar-refractivity contribution < 1.29 is 14.7 Å². The minimum absolute atomic E-state index is 0.171. The van der Waals surface area contributed by atoms with Crippen molar-refractivity contribution in [2.45, 2.75) is 45.6 Å². The molecule has 4 heteroatoms. The van der Waals surface area contributed by atoms with Crippen molar-refractivity contribution in [1.82, 2.24) is 4.90 Å². The summed E-state index contributed by atoms with van der Waals surface area (Å²) in [7, 11) is 0. The van der Waals surface area contributed by atoms with Gasteiger partial charge in [0.05, 0.1) is 0 Å². The van der Waals surface area contributed by atoms with E-state index < -0.39 is 11.5 Å². The molecule has 1 amide bonds. The highest BCUT2D eigenvalue weighted by Gasteiger charge is 2.44. The molecule has 1 saturated heterocycles. The minimum Gasteiger partial charge on any atom is -0.480 e. The van der Waals surface area contributed by atoms with Crippen molar-refractivity contribution in [1.29, 1.82) is 0 Å². The van der Waals surface area contributed by atoms with Crippen molar-refractivity contribution in [3.8, 4) is 0 Å². The Bertz CT molecular complexity index is 553. The number of benzene rings is 1. The molecule has 1 aromatic rings. The van der Waals surface area contributed by atoms with Crippen LogP contribution in [0.1, 0.15) is 47.7 Å². The van der Waals surface area contributed by atoms with Crippen LogP contribution in [-0.4, -0.2) is 34.0 Å². The van der Waals surface area contributed by atoms with E-state index in [2.05, 4.69) is 0 Å². The second-order valence-corrected chi connectivity index (χ2v) is 5.81. The average molecular weight is 275 g/mol. The molecule has 0 bridgehead atoms. The molecule has 0 radical (unpaired) electrons. The normalized spacial score (nSPS) is 22.6. The van der Waals surface area contributed by atoms with Gasteiger partial charge in [0.25, 0.3) is 5.91 Å². The van der Waals surface area contributed by atoms with E-state index >= 15 is 0 Å². The highest BCUT2D eigenvalue weighted by molar-refractivity contribution is 5.99. The number of nitrogens with zero attached hydrogens (tertiary/aromatic N) is 1. The summed E-state index contributed by atoms with van der Waals surface area (Å²) in [5.74, 6) is -1.09. The van der Waals surface area contributed by atoms with E-state index in [1.165, 1.54) is 4.90 Å². The lowest BCUT2D eigenvalue weighted by Crippen LogP contribution is -2.57. The Labute approximate surface area is 119 Å². The van der Waals surface area contributed by atoms with Gasteiger partial charge >= 0.3 is 5.97 Å². The molecule has 0 spiro atoms. The topological polar surface area (TPSA) is 57.6 Å². The number of hydrogen-bond donors (Lipinski definition) is 1. The van der Waals surface area contributed by atoms with Gasteiger partial charge in [0.2, 0.25) is 0 Å². The van der Waals surface area contributed by atoms with E-state index in [9.17, 15) is 14.7 Å². The number of piperidine rings is 1. The van der Waals surface area contributed by atoms with Gasteiger partial charge in [-0.2, -0.15) is 0 Å². The predicted molar refractivity (Wildman–Crippen MR) is 76.8 cm³/mol. The maximum atomic E-state index is 12.8. The van der Waals surface area contributed by atoms with E-state index in [0.29, 0.717) is 18.5 Å². The Balaban J connectivity index is 2.40. The number of carbonyl (C=O) groups is 2. The molecule has 20 heavy (non-hydrogen) atoms. The average Bonchev–Trinajstić information content (AvgIpc) is 2.41. The minimum atomic E-state index is -1.09. The van der Waals surface area contributed by atoms with Gasteiger partial charge in [-0.1, -0.05) is 17.7 Å². The first-order valence-electron chi connectivity index (χ1n) is 6.99. The molecule has 1 heterocycles. The van der Waals surface area contributed by atoms with Gasteiger partial charge < -0.3 is 10.0 Å². The molecule has 1 fully saturated rings. The fraction of sp³-hybridized carbons (Fsp3) is 0.500. The van der Waals surface area contributed by atoms with E-state index in [0.717, 1.165) is 24.0 Å². The molecule has 0 aliphatic carbocycles. The molecule has 0 saturated carbocycles. The van der Waals surface area contributed by atoms with Crippen LogP contribution >= 0.6 is 0 Å². The molecule has 1 N–H and O–H groups in total. The third kappa shape index (κ3) is 2.42. The van der Waals surface area contributed by atoms with Gasteiger partial charge in [-0.05, 0) is 51.7 Å². The zero-order valence-corrected chi connectivity index (χ0v) is 12.3. The number of carboxylic acid groups (broad SMARTS) is 1. The number of carboxylic acids is 1. The molecule has 1 aromatic carbocycles. The van der Waals surface area contributed by atoms with E-state index in [1.807, 2.05) is 32.0 Å². The summed E-state index contributed by atoms with van der Waals surface area (Å²) in [6.45, 7) is 5.98. The molecule has 1 unspecified atom stereocenters. The number of rotatable bonds is 2. The van der Waals surface area contributed by atoms with Crippen LogP contribution in [0.5, 0.6) is 0 Å². The van der Waals surface area contributed by atoms with Gasteiger partial charge in [0.15, 0.2) is 0 Å². The zero-order valence-electron chi connectivity index (χ0n) is 12.3. The van der Waals surface area contributed by atoms with Crippen LogP contribution in [0, 0.1) is 13.8 Å². The predicted octanol–water partition coefficient (Wildman–Crippen LogP) is 2.77. The van der Waals surface area contributed by atoms with Crippen molar-refractivity contribution >= 4 is 11.9 Å². The lowest BCUT2D eigenvalue weighted by molar-refractivity contribution is -0.150. The molecule has 1 atom stereocenters. The van der Waals surface area contributed by atoms with Gasteiger partial charge in [-0.3, -0.25) is 4.79 Å². The van der Waals surface area contributed by atoms with Crippen LogP contribution < -0.4 is 0 Å². The summed E-state index contributed by atoms with van der Waals surface area (Å²) < 4.78 is 0. The third-order valence-electron chi connectivity index (χ3n) is 4.22. The summed E-state index contributed by atoms with van der Waals surface area (Å²) in [5, 5.41) is 9.49. The van der Waals surface area contributed by atoms with Crippen molar-refractivity contribution in [2.24, 2.45) is 0 Å². The van der Waals surface area contributed by atoms with E-state index in [4.69, 9.17) is 0 Å². The van der Waals surface area contributed by atoms with Crippen LogP contribution in [0.4, 0.5) is 0 Å². The Morgan fingerprint density at radius 2 is 1.95 bits per heavy atom.